The molecule has 0 aliphatic heterocycles. The molecule has 4 aromatic heterocycles. The third kappa shape index (κ3) is 2.81. The lowest BCUT2D eigenvalue weighted by molar-refractivity contribution is 1.00. The van der Waals surface area contributed by atoms with E-state index >= 15 is 0 Å². The van der Waals surface area contributed by atoms with Crippen molar-refractivity contribution in [3.8, 4) is 11.1 Å². The molecule has 8 rings (SSSR count). The smallest absolute Gasteiger partial charge is 0.106 e. The topological polar surface area (TPSA) is 83.1 Å². The van der Waals surface area contributed by atoms with Gasteiger partial charge in [-0.2, -0.15) is 0 Å². The molecule has 0 fully saturated rings. The molecule has 0 saturated heterocycles. The fourth-order valence-electron chi connectivity index (χ4n) is 5.79. The van der Waals surface area contributed by atoms with Crippen LogP contribution >= 0.6 is 0 Å². The maximum Gasteiger partial charge on any atom is 0.106 e. The van der Waals surface area contributed by atoms with Crippen molar-refractivity contribution in [2.75, 3.05) is 0 Å². The normalized spacial score (nSPS) is 12.2. The van der Waals surface area contributed by atoms with Gasteiger partial charge in [-0.15, -0.1) is 0 Å². The number of rotatable bonds is 2. The van der Waals surface area contributed by atoms with Crippen molar-refractivity contribution in [2.24, 2.45) is 0 Å². The minimum absolute atomic E-state index is 0.859. The lowest BCUT2D eigenvalue weighted by atomic mass is 9.94. The zero-order valence-electron chi connectivity index (χ0n) is 20.4. The Hall–Kier alpha value is -4.84. The number of hydrogen-bond acceptors (Lipinski definition) is 4. The second-order valence-corrected chi connectivity index (χ2v) is 9.65. The monoisotopic (exact) mass is 478 g/mol. The fraction of sp³-hybridized carbons (Fsp3) is 0.0968. The van der Waals surface area contributed by atoms with E-state index in [4.69, 9.17) is 15.0 Å². The van der Waals surface area contributed by atoms with Crippen LogP contribution in [0.15, 0.2) is 73.2 Å². The van der Waals surface area contributed by atoms with Gasteiger partial charge in [0.15, 0.2) is 0 Å². The van der Waals surface area contributed by atoms with Gasteiger partial charge in [0.1, 0.15) is 11.6 Å². The molecule has 0 amide bonds. The van der Waals surface area contributed by atoms with Crippen molar-refractivity contribution in [3.63, 3.8) is 0 Å². The quantitative estimate of drug-likeness (QED) is 0.254. The van der Waals surface area contributed by atoms with Crippen molar-refractivity contribution in [1.82, 2.24) is 29.9 Å². The molecule has 0 saturated carbocycles. The van der Waals surface area contributed by atoms with Gasteiger partial charge in [0.05, 0.1) is 27.6 Å². The van der Waals surface area contributed by atoms with Crippen LogP contribution in [0, 0.1) is 6.92 Å². The maximum atomic E-state index is 4.87. The van der Waals surface area contributed by atoms with Crippen molar-refractivity contribution in [1.29, 1.82) is 0 Å². The summed E-state index contributed by atoms with van der Waals surface area (Å²) >= 11 is 0. The van der Waals surface area contributed by atoms with Gasteiger partial charge in [0, 0.05) is 51.9 Å². The molecule has 4 heterocycles. The van der Waals surface area contributed by atoms with Crippen LogP contribution in [0.5, 0.6) is 0 Å². The van der Waals surface area contributed by atoms with E-state index in [0.717, 1.165) is 83.7 Å². The van der Waals surface area contributed by atoms with Crippen LogP contribution in [0.25, 0.3) is 76.4 Å². The van der Waals surface area contributed by atoms with Gasteiger partial charge in [-0.25, -0.2) is 9.97 Å². The SMILES string of the molecule is CCc1nc2c3cnccc3c3cc(-c4ccc5c(c4)c4ncccc4c4nc(C)[nH]c54)ccc3c2[nH]1. The van der Waals surface area contributed by atoms with Crippen molar-refractivity contribution in [2.45, 2.75) is 20.3 Å². The summed E-state index contributed by atoms with van der Waals surface area (Å²) < 4.78 is 0. The zero-order chi connectivity index (χ0) is 24.7. The van der Waals surface area contributed by atoms with Crippen molar-refractivity contribution in [3.05, 3.63) is 84.8 Å². The minimum atomic E-state index is 0.859. The van der Waals surface area contributed by atoms with Gasteiger partial charge < -0.3 is 9.97 Å². The molecule has 0 unspecified atom stereocenters. The predicted octanol–water partition coefficient (Wildman–Crippen LogP) is 7.38. The summed E-state index contributed by atoms with van der Waals surface area (Å²) in [5, 5.41) is 7.92. The van der Waals surface area contributed by atoms with E-state index < -0.39 is 0 Å². The molecule has 6 heteroatoms. The second-order valence-electron chi connectivity index (χ2n) is 9.65. The Balaban J connectivity index is 1.43. The number of aromatic nitrogens is 6. The molecule has 4 aromatic carbocycles. The number of aryl methyl sites for hydroxylation is 2. The van der Waals surface area contributed by atoms with Gasteiger partial charge in [0.2, 0.25) is 0 Å². The van der Waals surface area contributed by atoms with Crippen LogP contribution in [-0.4, -0.2) is 29.9 Å². The molecule has 0 aliphatic rings. The first-order chi connectivity index (χ1) is 18.2. The van der Waals surface area contributed by atoms with Gasteiger partial charge in [0.25, 0.3) is 0 Å². The summed E-state index contributed by atoms with van der Waals surface area (Å²) in [6, 6.07) is 19.5. The van der Waals surface area contributed by atoms with Gasteiger partial charge >= 0.3 is 0 Å². The highest BCUT2D eigenvalue weighted by Crippen LogP contribution is 2.38. The minimum Gasteiger partial charge on any atom is -0.342 e. The van der Waals surface area contributed by atoms with E-state index in [2.05, 4.69) is 70.4 Å². The molecular formula is C31H22N6. The molecule has 37 heavy (non-hydrogen) atoms. The zero-order valence-corrected chi connectivity index (χ0v) is 20.4. The van der Waals surface area contributed by atoms with Crippen molar-refractivity contribution < 1.29 is 0 Å². The number of aromatic amines is 2. The van der Waals surface area contributed by atoms with Crippen LogP contribution < -0.4 is 0 Å². The second kappa shape index (κ2) is 7.34. The van der Waals surface area contributed by atoms with Gasteiger partial charge in [-0.3, -0.25) is 9.97 Å². The van der Waals surface area contributed by atoms with Crippen LogP contribution in [0.2, 0.25) is 0 Å². The van der Waals surface area contributed by atoms with Crippen LogP contribution in [0.1, 0.15) is 18.6 Å². The number of nitrogens with one attached hydrogen (secondary N) is 2. The highest BCUT2D eigenvalue weighted by molar-refractivity contribution is 6.24. The Kier molecular flexibility index (Phi) is 4.04. The summed E-state index contributed by atoms with van der Waals surface area (Å²) in [4.78, 5) is 25.8. The van der Waals surface area contributed by atoms with E-state index in [0.29, 0.717) is 0 Å². The lowest BCUT2D eigenvalue weighted by Crippen LogP contribution is -1.88. The number of fused-ring (bicyclic) bond motifs is 12. The molecule has 0 aliphatic carbocycles. The third-order valence-corrected chi connectivity index (χ3v) is 7.51. The average Bonchev–Trinajstić information content (AvgIpc) is 3.57. The van der Waals surface area contributed by atoms with E-state index in [1.54, 1.807) is 0 Å². The van der Waals surface area contributed by atoms with E-state index in [1.807, 2.05) is 31.6 Å². The van der Waals surface area contributed by atoms with Crippen molar-refractivity contribution >= 4 is 65.3 Å². The molecule has 0 bridgehead atoms. The van der Waals surface area contributed by atoms with Gasteiger partial charge in [-0.1, -0.05) is 31.2 Å². The first-order valence-corrected chi connectivity index (χ1v) is 12.5. The average molecular weight is 479 g/mol. The summed E-state index contributed by atoms with van der Waals surface area (Å²) in [6.07, 6.45) is 6.50. The Labute approximate surface area is 211 Å². The number of H-pyrrole nitrogens is 2. The number of nitrogens with zero attached hydrogens (tertiary/aromatic N) is 4. The molecule has 6 nitrogen and oxygen atoms in total. The van der Waals surface area contributed by atoms with Crippen LogP contribution in [-0.2, 0) is 6.42 Å². The summed E-state index contributed by atoms with van der Waals surface area (Å²) in [6.45, 7) is 4.12. The third-order valence-electron chi connectivity index (χ3n) is 7.51. The molecule has 0 atom stereocenters. The first-order valence-electron chi connectivity index (χ1n) is 12.5. The molecule has 2 N–H and O–H groups in total. The Bertz CT molecular complexity index is 2200. The Morgan fingerprint density at radius 1 is 0.649 bits per heavy atom. The molecule has 8 aromatic rings. The molecule has 176 valence electrons. The van der Waals surface area contributed by atoms with Crippen LogP contribution in [0.3, 0.4) is 0 Å². The number of imidazole rings is 2. The first kappa shape index (κ1) is 20.4. The largest absolute Gasteiger partial charge is 0.342 e. The molecule has 0 radical (unpaired) electrons. The highest BCUT2D eigenvalue weighted by atomic mass is 14.9. The Morgan fingerprint density at radius 3 is 2.24 bits per heavy atom. The standard InChI is InChI=1S/C31H22N6/c1-3-26-36-29-20-8-6-17(13-23(20)19-10-12-32-15-25(19)31(29)37-26)18-7-9-21-24(14-18)27-22(5-4-11-33-27)30-28(21)34-16(2)35-30/h4-15H,3H2,1-2H3,(H,34,35)(H,36,37). The van der Waals surface area contributed by atoms with E-state index in [-0.39, 0.29) is 0 Å². The van der Waals surface area contributed by atoms with E-state index in [1.165, 1.54) is 10.8 Å². The lowest BCUT2D eigenvalue weighted by Gasteiger charge is -2.11. The summed E-state index contributed by atoms with van der Waals surface area (Å²) in [7, 11) is 0. The molecule has 0 spiro atoms. The molecular weight excluding hydrogens is 456 g/mol. The van der Waals surface area contributed by atoms with E-state index in [9.17, 15) is 0 Å². The number of hydrogen-bond donors (Lipinski definition) is 2. The number of pyridine rings is 2. The maximum absolute atomic E-state index is 4.87. The van der Waals surface area contributed by atoms with Crippen LogP contribution in [0.4, 0.5) is 0 Å². The summed E-state index contributed by atoms with van der Waals surface area (Å²) in [5.41, 5.74) is 7.38. The fourth-order valence-corrected chi connectivity index (χ4v) is 5.79. The summed E-state index contributed by atoms with van der Waals surface area (Å²) in [5.74, 6) is 1.90. The predicted molar refractivity (Wildman–Crippen MR) is 151 cm³/mol. The highest BCUT2D eigenvalue weighted by Gasteiger charge is 2.16. The van der Waals surface area contributed by atoms with Gasteiger partial charge in [-0.05, 0) is 59.2 Å². The number of benzene rings is 4. The Morgan fingerprint density at radius 2 is 1.41 bits per heavy atom.